The zero-order valence-electron chi connectivity index (χ0n) is 4.93. The van der Waals surface area contributed by atoms with Crippen molar-refractivity contribution in [2.24, 2.45) is 0 Å². The molecule has 0 atom stereocenters. The molecule has 0 saturated heterocycles. The van der Waals surface area contributed by atoms with Gasteiger partial charge in [0.2, 0.25) is 0 Å². The number of carboxylic acids is 1. The molecule has 9 heavy (non-hydrogen) atoms. The molecule has 0 spiro atoms. The lowest BCUT2D eigenvalue weighted by atomic mass is 10.5. The number of carboxylic acid groups (broad SMARTS) is 1. The molecule has 0 saturated carbocycles. The number of ether oxygens (including phenoxy) is 1. The summed E-state index contributed by atoms with van der Waals surface area (Å²) >= 11 is 5.26. The summed E-state index contributed by atoms with van der Waals surface area (Å²) in [6.45, 7) is 0. The molecule has 4 heteroatoms. The number of alkyl halides is 1. The van der Waals surface area contributed by atoms with Crippen molar-refractivity contribution in [3.05, 3.63) is 11.8 Å². The minimum absolute atomic E-state index is 0.0861. The fraction of sp³-hybridized carbons (Fsp3) is 0.400. The van der Waals surface area contributed by atoms with Gasteiger partial charge in [-0.05, 0) is 0 Å². The molecular formula is C5H7ClO3. The largest absolute Gasteiger partial charge is 0.500 e. The van der Waals surface area contributed by atoms with E-state index in [-0.39, 0.29) is 11.6 Å². The second-order valence-electron chi connectivity index (χ2n) is 1.29. The van der Waals surface area contributed by atoms with Crippen LogP contribution < -0.4 is 0 Å². The molecule has 0 unspecified atom stereocenters. The van der Waals surface area contributed by atoms with Gasteiger partial charge in [-0.25, -0.2) is 4.79 Å². The number of hydrogen-bond acceptors (Lipinski definition) is 2. The van der Waals surface area contributed by atoms with Crippen LogP contribution in [0.3, 0.4) is 0 Å². The van der Waals surface area contributed by atoms with Crippen LogP contribution in [0.25, 0.3) is 0 Å². The molecule has 0 aliphatic carbocycles. The molecule has 0 aromatic carbocycles. The number of halogens is 1. The van der Waals surface area contributed by atoms with Gasteiger partial charge < -0.3 is 9.84 Å². The number of carbonyl (C=O) groups is 1. The molecule has 0 amide bonds. The Morgan fingerprint density at radius 3 is 2.56 bits per heavy atom. The number of methoxy groups -OCH3 is 1. The van der Waals surface area contributed by atoms with Crippen LogP contribution in [0.5, 0.6) is 0 Å². The third-order valence-electron chi connectivity index (χ3n) is 0.678. The summed E-state index contributed by atoms with van der Waals surface area (Å²) in [7, 11) is 1.37. The van der Waals surface area contributed by atoms with Crippen LogP contribution in [-0.4, -0.2) is 24.1 Å². The number of hydrogen-bond donors (Lipinski definition) is 1. The van der Waals surface area contributed by atoms with E-state index in [1.807, 2.05) is 0 Å². The predicted molar refractivity (Wildman–Crippen MR) is 33.4 cm³/mol. The van der Waals surface area contributed by atoms with Crippen molar-refractivity contribution >= 4 is 17.6 Å². The highest BCUT2D eigenvalue weighted by Crippen LogP contribution is 1.96. The fourth-order valence-electron chi connectivity index (χ4n) is 0.290. The van der Waals surface area contributed by atoms with E-state index in [2.05, 4.69) is 4.74 Å². The minimum atomic E-state index is -1.05. The zero-order chi connectivity index (χ0) is 7.28. The van der Waals surface area contributed by atoms with Gasteiger partial charge in [-0.2, -0.15) is 0 Å². The van der Waals surface area contributed by atoms with Crippen LogP contribution in [0.15, 0.2) is 11.8 Å². The lowest BCUT2D eigenvalue weighted by Crippen LogP contribution is -1.95. The maximum absolute atomic E-state index is 9.91. The van der Waals surface area contributed by atoms with Crippen molar-refractivity contribution in [1.82, 2.24) is 0 Å². The maximum Gasteiger partial charge on any atom is 0.331 e. The van der Waals surface area contributed by atoms with Gasteiger partial charge in [-0.3, -0.25) is 0 Å². The summed E-state index contributed by atoms with van der Waals surface area (Å²) in [5, 5.41) is 8.13. The van der Waals surface area contributed by atoms with E-state index >= 15 is 0 Å². The molecule has 0 bridgehead atoms. The first-order valence-electron chi connectivity index (χ1n) is 2.24. The average molecular weight is 151 g/mol. The first-order valence-corrected chi connectivity index (χ1v) is 2.77. The van der Waals surface area contributed by atoms with Crippen molar-refractivity contribution in [3.8, 4) is 0 Å². The second kappa shape index (κ2) is 4.21. The normalized spacial score (nSPS) is 11.1. The quantitative estimate of drug-likeness (QED) is 0.369. The molecule has 0 heterocycles. The predicted octanol–water partition coefficient (Wildman–Crippen LogP) is 0.840. The number of aliphatic carboxylic acids is 1. The van der Waals surface area contributed by atoms with Gasteiger partial charge in [0, 0.05) is 0 Å². The monoisotopic (exact) mass is 150 g/mol. The summed E-state index contributed by atoms with van der Waals surface area (Å²) in [6.07, 6.45) is 0.924. The highest BCUT2D eigenvalue weighted by Gasteiger charge is 1.95. The summed E-state index contributed by atoms with van der Waals surface area (Å²) in [6, 6.07) is 0. The molecule has 0 radical (unpaired) electrons. The Hall–Kier alpha value is -0.700. The maximum atomic E-state index is 9.91. The molecule has 0 aromatic rings. The number of rotatable bonds is 3. The van der Waals surface area contributed by atoms with Gasteiger partial charge in [0.15, 0.2) is 0 Å². The van der Waals surface area contributed by atoms with E-state index in [1.165, 1.54) is 7.11 Å². The van der Waals surface area contributed by atoms with Gasteiger partial charge in [0.05, 0.1) is 19.1 Å². The second-order valence-corrected chi connectivity index (χ2v) is 1.55. The van der Waals surface area contributed by atoms with Gasteiger partial charge in [0.25, 0.3) is 0 Å². The van der Waals surface area contributed by atoms with Gasteiger partial charge in [-0.15, -0.1) is 11.6 Å². The molecule has 0 rings (SSSR count). The summed E-state index contributed by atoms with van der Waals surface area (Å²) < 4.78 is 4.56. The van der Waals surface area contributed by atoms with E-state index in [1.54, 1.807) is 0 Å². The van der Waals surface area contributed by atoms with Crippen LogP contribution in [0.4, 0.5) is 0 Å². The topological polar surface area (TPSA) is 46.5 Å². The SMILES string of the molecule is COC(=CC(=O)O)CCl. The standard InChI is InChI=1S/C5H7ClO3/c1-9-4(3-6)2-5(7)8/h2H,3H2,1H3,(H,7,8). The van der Waals surface area contributed by atoms with Crippen molar-refractivity contribution in [2.45, 2.75) is 0 Å². The van der Waals surface area contributed by atoms with Crippen LogP contribution >= 0.6 is 11.6 Å². The fourth-order valence-corrected chi connectivity index (χ4v) is 0.476. The van der Waals surface area contributed by atoms with Gasteiger partial charge in [-0.1, -0.05) is 0 Å². The Morgan fingerprint density at radius 2 is 2.44 bits per heavy atom. The molecule has 0 aliphatic rings. The Bertz CT molecular complexity index is 124. The third-order valence-corrected chi connectivity index (χ3v) is 0.942. The van der Waals surface area contributed by atoms with Crippen LogP contribution in [0.2, 0.25) is 0 Å². The van der Waals surface area contributed by atoms with Crippen molar-refractivity contribution in [3.63, 3.8) is 0 Å². The lowest BCUT2D eigenvalue weighted by molar-refractivity contribution is -0.131. The molecule has 0 aromatic heterocycles. The molecule has 1 N–H and O–H groups in total. The van der Waals surface area contributed by atoms with Gasteiger partial charge >= 0.3 is 5.97 Å². The summed E-state index contributed by atoms with van der Waals surface area (Å²) in [5.41, 5.74) is 0. The first-order chi connectivity index (χ1) is 4.20. The Morgan fingerprint density at radius 1 is 1.89 bits per heavy atom. The molecule has 0 fully saturated rings. The summed E-state index contributed by atoms with van der Waals surface area (Å²) in [4.78, 5) is 9.91. The van der Waals surface area contributed by atoms with Gasteiger partial charge in [0.1, 0.15) is 5.76 Å². The highest BCUT2D eigenvalue weighted by atomic mass is 35.5. The highest BCUT2D eigenvalue weighted by molar-refractivity contribution is 6.19. The van der Waals surface area contributed by atoms with Crippen molar-refractivity contribution in [1.29, 1.82) is 0 Å². The molecule has 52 valence electrons. The zero-order valence-corrected chi connectivity index (χ0v) is 5.68. The van der Waals surface area contributed by atoms with Crippen LogP contribution in [-0.2, 0) is 9.53 Å². The lowest BCUT2D eigenvalue weighted by Gasteiger charge is -1.96. The van der Waals surface area contributed by atoms with Crippen LogP contribution in [0, 0.1) is 0 Å². The van der Waals surface area contributed by atoms with Crippen molar-refractivity contribution in [2.75, 3.05) is 13.0 Å². The van der Waals surface area contributed by atoms with E-state index < -0.39 is 5.97 Å². The third kappa shape index (κ3) is 3.85. The van der Waals surface area contributed by atoms with Crippen LogP contribution in [0.1, 0.15) is 0 Å². The summed E-state index contributed by atoms with van der Waals surface area (Å²) in [5.74, 6) is -0.709. The van der Waals surface area contributed by atoms with E-state index in [0.717, 1.165) is 6.08 Å². The minimum Gasteiger partial charge on any atom is -0.500 e. The molecule has 0 aliphatic heterocycles. The van der Waals surface area contributed by atoms with E-state index in [0.29, 0.717) is 0 Å². The van der Waals surface area contributed by atoms with E-state index in [4.69, 9.17) is 16.7 Å². The smallest absolute Gasteiger partial charge is 0.331 e. The average Bonchev–Trinajstić information content (AvgIpc) is 1.82. The molecule has 3 nitrogen and oxygen atoms in total. The first kappa shape index (κ1) is 8.30. The Kier molecular flexibility index (Phi) is 3.88. The number of allylic oxidation sites excluding steroid dienone is 1. The Labute approximate surface area is 57.9 Å². The van der Waals surface area contributed by atoms with Crippen molar-refractivity contribution < 1.29 is 14.6 Å². The molecular weight excluding hydrogens is 144 g/mol. The van der Waals surface area contributed by atoms with E-state index in [9.17, 15) is 4.79 Å². The Balaban J connectivity index is 3.91.